The molecule has 1 heterocycles. The molecule has 4 nitrogen and oxygen atoms in total. The van der Waals surface area contributed by atoms with Crippen LogP contribution < -0.4 is 5.73 Å². The summed E-state index contributed by atoms with van der Waals surface area (Å²) in [6.07, 6.45) is 5.33. The van der Waals surface area contributed by atoms with E-state index in [9.17, 15) is 0 Å². The zero-order chi connectivity index (χ0) is 13.1. The fourth-order valence-corrected chi connectivity index (χ4v) is 4.21. The minimum atomic E-state index is 0.377. The first-order valence-electron chi connectivity index (χ1n) is 6.92. The molecule has 0 aliphatic heterocycles. The highest BCUT2D eigenvalue weighted by molar-refractivity contribution is 7.99. The fraction of sp³-hybridized carbons (Fsp3) is 0.846. The third kappa shape index (κ3) is 3.06. The van der Waals surface area contributed by atoms with Gasteiger partial charge in [-0.1, -0.05) is 31.5 Å². The van der Waals surface area contributed by atoms with Gasteiger partial charge in [-0.15, -0.1) is 10.2 Å². The third-order valence-corrected chi connectivity index (χ3v) is 4.85. The van der Waals surface area contributed by atoms with Gasteiger partial charge in [-0.25, -0.2) is 0 Å². The van der Waals surface area contributed by atoms with Crippen LogP contribution >= 0.6 is 11.8 Å². The summed E-state index contributed by atoms with van der Waals surface area (Å²) in [5, 5.41) is 10.3. The molecule has 102 valence electrons. The monoisotopic (exact) mass is 268 g/mol. The Morgan fingerprint density at radius 2 is 2.17 bits per heavy atom. The summed E-state index contributed by atoms with van der Waals surface area (Å²) in [6, 6.07) is 0.377. The molecule has 2 atom stereocenters. The molecule has 2 rings (SSSR count). The Hall–Kier alpha value is -0.550. The van der Waals surface area contributed by atoms with Gasteiger partial charge in [0, 0.05) is 11.3 Å². The molecule has 0 bridgehead atoms. The topological polar surface area (TPSA) is 56.7 Å². The van der Waals surface area contributed by atoms with Crippen LogP contribution in [0.1, 0.15) is 58.3 Å². The standard InChI is InChI=1S/C13H24N4S/c1-9(2)17-12(8-14)15-16-13(17)18-11-6-4-5-10(3)7-11/h9-11H,4-8,14H2,1-3H3. The molecule has 1 aliphatic carbocycles. The van der Waals surface area contributed by atoms with Crippen molar-refractivity contribution in [2.24, 2.45) is 11.7 Å². The van der Waals surface area contributed by atoms with E-state index < -0.39 is 0 Å². The van der Waals surface area contributed by atoms with Gasteiger partial charge in [0.25, 0.3) is 0 Å². The second-order valence-corrected chi connectivity index (χ2v) is 6.85. The predicted molar refractivity (Wildman–Crippen MR) is 75.6 cm³/mol. The number of nitrogens with zero attached hydrogens (tertiary/aromatic N) is 3. The molecule has 2 N–H and O–H groups in total. The Bertz CT molecular complexity index is 388. The Labute approximate surface area is 114 Å². The largest absolute Gasteiger partial charge is 0.324 e. The van der Waals surface area contributed by atoms with Crippen molar-refractivity contribution in [3.8, 4) is 0 Å². The number of nitrogens with two attached hydrogens (primary N) is 1. The molecule has 2 unspecified atom stereocenters. The van der Waals surface area contributed by atoms with Crippen molar-refractivity contribution in [2.45, 2.75) is 69.4 Å². The maximum absolute atomic E-state index is 5.72. The molecule has 1 fully saturated rings. The summed E-state index contributed by atoms with van der Waals surface area (Å²) in [5.41, 5.74) is 5.72. The van der Waals surface area contributed by atoms with Crippen molar-refractivity contribution in [1.29, 1.82) is 0 Å². The fourth-order valence-electron chi connectivity index (χ4n) is 2.68. The number of rotatable bonds is 4. The van der Waals surface area contributed by atoms with Crippen LogP contribution in [0.3, 0.4) is 0 Å². The first kappa shape index (κ1) is 13.9. The van der Waals surface area contributed by atoms with Crippen molar-refractivity contribution < 1.29 is 0 Å². The molecule has 1 aromatic heterocycles. The highest BCUT2D eigenvalue weighted by Gasteiger charge is 2.23. The first-order valence-corrected chi connectivity index (χ1v) is 7.80. The van der Waals surface area contributed by atoms with E-state index in [1.807, 2.05) is 11.8 Å². The maximum Gasteiger partial charge on any atom is 0.191 e. The lowest BCUT2D eigenvalue weighted by Gasteiger charge is -2.26. The third-order valence-electron chi connectivity index (χ3n) is 3.59. The van der Waals surface area contributed by atoms with Crippen LogP contribution in [0, 0.1) is 5.92 Å². The van der Waals surface area contributed by atoms with Crippen molar-refractivity contribution in [2.75, 3.05) is 0 Å². The quantitative estimate of drug-likeness (QED) is 0.912. The number of hydrogen-bond acceptors (Lipinski definition) is 4. The minimum Gasteiger partial charge on any atom is -0.324 e. The van der Waals surface area contributed by atoms with Gasteiger partial charge < -0.3 is 10.3 Å². The van der Waals surface area contributed by atoms with Gasteiger partial charge in [0.2, 0.25) is 0 Å². The van der Waals surface area contributed by atoms with Crippen LogP contribution in [0.25, 0.3) is 0 Å². The molecule has 0 aromatic carbocycles. The zero-order valence-electron chi connectivity index (χ0n) is 11.6. The van der Waals surface area contributed by atoms with Crippen LogP contribution in [-0.4, -0.2) is 20.0 Å². The van der Waals surface area contributed by atoms with E-state index in [2.05, 4.69) is 35.5 Å². The van der Waals surface area contributed by atoms with Crippen LogP contribution in [0.15, 0.2) is 5.16 Å². The van der Waals surface area contributed by atoms with E-state index in [4.69, 9.17) is 5.73 Å². The highest BCUT2D eigenvalue weighted by Crippen LogP contribution is 2.36. The van der Waals surface area contributed by atoms with Crippen LogP contribution in [0.5, 0.6) is 0 Å². The van der Waals surface area contributed by atoms with Crippen LogP contribution in [-0.2, 0) is 6.54 Å². The summed E-state index contributed by atoms with van der Waals surface area (Å²) >= 11 is 1.89. The lowest BCUT2D eigenvalue weighted by Crippen LogP contribution is -2.17. The van der Waals surface area contributed by atoms with Crippen LogP contribution in [0.2, 0.25) is 0 Å². The molecular formula is C13H24N4S. The second kappa shape index (κ2) is 6.06. The average Bonchev–Trinajstić information content (AvgIpc) is 2.72. The SMILES string of the molecule is CC1CCCC(Sc2nnc(CN)n2C(C)C)C1. The van der Waals surface area contributed by atoms with Crippen molar-refractivity contribution >= 4 is 11.8 Å². The molecule has 1 saturated carbocycles. The summed E-state index contributed by atoms with van der Waals surface area (Å²) < 4.78 is 2.18. The second-order valence-electron chi connectivity index (χ2n) is 5.58. The van der Waals surface area contributed by atoms with Gasteiger partial charge in [-0.05, 0) is 32.6 Å². The van der Waals surface area contributed by atoms with Gasteiger partial charge in [-0.3, -0.25) is 0 Å². The zero-order valence-corrected chi connectivity index (χ0v) is 12.4. The van der Waals surface area contributed by atoms with Gasteiger partial charge in [0.15, 0.2) is 5.16 Å². The van der Waals surface area contributed by atoms with Gasteiger partial charge in [0.05, 0.1) is 6.54 Å². The Morgan fingerprint density at radius 1 is 1.39 bits per heavy atom. The van der Waals surface area contributed by atoms with Crippen molar-refractivity contribution in [3.05, 3.63) is 5.82 Å². The summed E-state index contributed by atoms with van der Waals surface area (Å²) in [4.78, 5) is 0. The lowest BCUT2D eigenvalue weighted by molar-refractivity contribution is 0.393. The Balaban J connectivity index is 2.11. The smallest absolute Gasteiger partial charge is 0.191 e. The maximum atomic E-state index is 5.72. The Kier molecular flexibility index (Phi) is 4.67. The predicted octanol–water partition coefficient (Wildman–Crippen LogP) is 2.99. The molecule has 0 saturated heterocycles. The van der Waals surface area contributed by atoms with Gasteiger partial charge >= 0.3 is 0 Å². The van der Waals surface area contributed by atoms with Crippen molar-refractivity contribution in [3.63, 3.8) is 0 Å². The molecule has 0 radical (unpaired) electrons. The van der Waals surface area contributed by atoms with E-state index in [-0.39, 0.29) is 0 Å². The molecule has 0 amide bonds. The Morgan fingerprint density at radius 3 is 2.78 bits per heavy atom. The molecule has 0 spiro atoms. The van der Waals surface area contributed by atoms with Crippen molar-refractivity contribution in [1.82, 2.24) is 14.8 Å². The highest BCUT2D eigenvalue weighted by atomic mass is 32.2. The van der Waals surface area contributed by atoms with E-state index in [0.717, 1.165) is 16.9 Å². The molecular weight excluding hydrogens is 244 g/mol. The lowest BCUT2D eigenvalue weighted by atomic mass is 9.91. The molecule has 1 aliphatic rings. The number of aromatic nitrogens is 3. The van der Waals surface area contributed by atoms with Crippen LogP contribution in [0.4, 0.5) is 0 Å². The summed E-state index contributed by atoms with van der Waals surface area (Å²) in [6.45, 7) is 7.14. The van der Waals surface area contributed by atoms with Gasteiger partial charge in [0.1, 0.15) is 5.82 Å². The first-order chi connectivity index (χ1) is 8.61. The minimum absolute atomic E-state index is 0.377. The summed E-state index contributed by atoms with van der Waals surface area (Å²) in [5.74, 6) is 1.75. The van der Waals surface area contributed by atoms with Gasteiger partial charge in [-0.2, -0.15) is 0 Å². The average molecular weight is 268 g/mol. The van der Waals surface area contributed by atoms with E-state index >= 15 is 0 Å². The normalized spacial score (nSPS) is 24.7. The molecule has 18 heavy (non-hydrogen) atoms. The number of thioether (sulfide) groups is 1. The van der Waals surface area contributed by atoms with E-state index in [1.54, 1.807) is 0 Å². The van der Waals surface area contributed by atoms with E-state index in [0.29, 0.717) is 17.8 Å². The molecule has 1 aromatic rings. The summed E-state index contributed by atoms with van der Waals surface area (Å²) in [7, 11) is 0. The van der Waals surface area contributed by atoms with E-state index in [1.165, 1.54) is 25.7 Å². The molecule has 5 heteroatoms. The number of hydrogen-bond donors (Lipinski definition) is 1.